The van der Waals surface area contributed by atoms with E-state index in [1.807, 2.05) is 6.92 Å². The molecule has 0 aliphatic heterocycles. The van der Waals surface area contributed by atoms with E-state index in [0.717, 1.165) is 48.9 Å². The lowest BCUT2D eigenvalue weighted by molar-refractivity contribution is -0.0577. The Morgan fingerprint density at radius 1 is 1.04 bits per heavy atom. The third-order valence-electron chi connectivity index (χ3n) is 9.88. The minimum Gasteiger partial charge on any atom is -0.393 e. The average Bonchev–Trinajstić information content (AvgIpc) is 2.97. The maximum Gasteiger partial charge on any atom is 0.0577 e. The minimum atomic E-state index is -0.156. The van der Waals surface area contributed by atoms with Gasteiger partial charge in [-0.2, -0.15) is 0 Å². The minimum absolute atomic E-state index is 0.0969. The number of rotatable bonds is 4. The Morgan fingerprint density at radius 2 is 1.81 bits per heavy atom. The van der Waals surface area contributed by atoms with Crippen molar-refractivity contribution in [3.63, 3.8) is 0 Å². The van der Waals surface area contributed by atoms with Gasteiger partial charge in [-0.1, -0.05) is 32.4 Å². The van der Waals surface area contributed by atoms with Gasteiger partial charge in [-0.25, -0.2) is 0 Å². The number of aliphatic hydroxyl groups is 2. The second kappa shape index (κ2) is 7.17. The molecule has 27 heavy (non-hydrogen) atoms. The lowest BCUT2D eigenvalue weighted by Crippen LogP contribution is -2.50. The molecule has 3 saturated carbocycles. The van der Waals surface area contributed by atoms with E-state index in [1.165, 1.54) is 44.9 Å². The first-order chi connectivity index (χ1) is 12.8. The van der Waals surface area contributed by atoms with Gasteiger partial charge in [0.1, 0.15) is 0 Å². The van der Waals surface area contributed by atoms with Crippen LogP contribution in [-0.4, -0.2) is 22.4 Å². The number of aliphatic hydroxyl groups excluding tert-OH is 2. The van der Waals surface area contributed by atoms with Crippen molar-refractivity contribution in [2.24, 2.45) is 40.4 Å². The predicted octanol–water partition coefficient (Wildman–Crippen LogP) is 5.72. The van der Waals surface area contributed by atoms with E-state index in [1.54, 1.807) is 5.57 Å². The molecule has 0 heterocycles. The highest BCUT2D eigenvalue weighted by Gasteiger charge is 2.59. The summed E-state index contributed by atoms with van der Waals surface area (Å²) in [6.07, 6.45) is 14.4. The van der Waals surface area contributed by atoms with Crippen molar-refractivity contribution in [2.45, 2.75) is 104 Å². The molecule has 0 saturated heterocycles. The zero-order valence-corrected chi connectivity index (χ0v) is 18.1. The molecular formula is C25H42O2. The Labute approximate surface area is 166 Å². The van der Waals surface area contributed by atoms with Crippen molar-refractivity contribution in [1.29, 1.82) is 0 Å². The van der Waals surface area contributed by atoms with Crippen LogP contribution in [0, 0.1) is 40.4 Å². The number of fused-ring (bicyclic) bond motifs is 5. The number of allylic oxidation sites excluding steroid dienone is 1. The summed E-state index contributed by atoms with van der Waals surface area (Å²) in [5.74, 6) is 4.17. The Hall–Kier alpha value is -0.340. The van der Waals surface area contributed by atoms with Crippen LogP contribution in [0.2, 0.25) is 0 Å². The maximum absolute atomic E-state index is 10.2. The first-order valence-electron chi connectivity index (χ1n) is 11.8. The molecule has 0 aromatic rings. The fourth-order valence-electron chi connectivity index (χ4n) is 8.32. The van der Waals surface area contributed by atoms with Crippen LogP contribution < -0.4 is 0 Å². The van der Waals surface area contributed by atoms with Gasteiger partial charge in [-0.15, -0.1) is 0 Å². The summed E-state index contributed by atoms with van der Waals surface area (Å²) in [4.78, 5) is 0. The molecule has 2 heteroatoms. The van der Waals surface area contributed by atoms with Gasteiger partial charge in [-0.3, -0.25) is 0 Å². The Kier molecular flexibility index (Phi) is 5.30. The van der Waals surface area contributed by atoms with Crippen molar-refractivity contribution in [1.82, 2.24) is 0 Å². The molecule has 2 nitrogen and oxygen atoms in total. The molecule has 154 valence electrons. The zero-order chi connectivity index (χ0) is 19.4. The zero-order valence-electron chi connectivity index (χ0n) is 18.1. The molecule has 0 amide bonds. The lowest BCUT2D eigenvalue weighted by atomic mass is 9.47. The van der Waals surface area contributed by atoms with Gasteiger partial charge in [0.05, 0.1) is 12.2 Å². The summed E-state index contributed by atoms with van der Waals surface area (Å²) in [6, 6.07) is 0. The molecule has 0 bridgehead atoms. The molecule has 0 spiro atoms. The van der Waals surface area contributed by atoms with Gasteiger partial charge in [0.15, 0.2) is 0 Å². The lowest BCUT2D eigenvalue weighted by Gasteiger charge is -2.58. The highest BCUT2D eigenvalue weighted by atomic mass is 16.3. The van der Waals surface area contributed by atoms with Crippen LogP contribution in [-0.2, 0) is 0 Å². The van der Waals surface area contributed by atoms with E-state index >= 15 is 0 Å². The molecule has 2 N–H and O–H groups in total. The standard InChI is InChI=1S/C25H42O2/c1-16(5-6-17(2)26)21-9-10-22-20-8-7-18-15-19(27)11-13-24(18,3)23(20)12-14-25(21,22)4/h7,16-17,19-23,26-27H,5-6,8-15H2,1-4H3/t16?,17?,19-,20?,21+,22?,23?,24?,25+/m0/s1. The summed E-state index contributed by atoms with van der Waals surface area (Å²) in [5.41, 5.74) is 2.46. The van der Waals surface area contributed by atoms with Gasteiger partial charge >= 0.3 is 0 Å². The molecule has 9 atom stereocenters. The Bertz CT molecular complexity index is 581. The number of hydrogen-bond acceptors (Lipinski definition) is 2. The van der Waals surface area contributed by atoms with Crippen LogP contribution in [0.15, 0.2) is 11.6 Å². The second-order valence-corrected chi connectivity index (χ2v) is 11.3. The van der Waals surface area contributed by atoms with E-state index < -0.39 is 0 Å². The van der Waals surface area contributed by atoms with Crippen LogP contribution in [0.4, 0.5) is 0 Å². The first kappa shape index (κ1) is 20.0. The summed E-state index contributed by atoms with van der Waals surface area (Å²) in [6.45, 7) is 9.54. The summed E-state index contributed by atoms with van der Waals surface area (Å²) in [5, 5.41) is 19.9. The smallest absolute Gasteiger partial charge is 0.0577 e. The van der Waals surface area contributed by atoms with E-state index in [2.05, 4.69) is 26.8 Å². The average molecular weight is 375 g/mol. The van der Waals surface area contributed by atoms with Crippen molar-refractivity contribution in [3.8, 4) is 0 Å². The molecule has 4 rings (SSSR count). The molecule has 4 aliphatic carbocycles. The molecule has 0 radical (unpaired) electrons. The molecule has 4 aliphatic rings. The first-order valence-corrected chi connectivity index (χ1v) is 11.8. The van der Waals surface area contributed by atoms with Gasteiger partial charge in [0.2, 0.25) is 0 Å². The maximum atomic E-state index is 10.2. The quantitative estimate of drug-likeness (QED) is 0.618. The third kappa shape index (κ3) is 3.23. The summed E-state index contributed by atoms with van der Waals surface area (Å²) >= 11 is 0. The van der Waals surface area contributed by atoms with Gasteiger partial charge in [0.25, 0.3) is 0 Å². The highest BCUT2D eigenvalue weighted by Crippen LogP contribution is 2.67. The number of hydrogen-bond donors (Lipinski definition) is 2. The summed E-state index contributed by atoms with van der Waals surface area (Å²) in [7, 11) is 0. The van der Waals surface area contributed by atoms with E-state index in [0.29, 0.717) is 10.8 Å². The van der Waals surface area contributed by atoms with E-state index in [-0.39, 0.29) is 12.2 Å². The SMILES string of the molecule is CC(O)CCC(C)[C@H]1CCC2C3CC=C4C[C@@H](O)CCC4(C)C3CC[C@@]21C. The normalized spacial score (nSPS) is 48.8. The van der Waals surface area contributed by atoms with Crippen LogP contribution in [0.3, 0.4) is 0 Å². The van der Waals surface area contributed by atoms with E-state index in [9.17, 15) is 10.2 Å². The summed E-state index contributed by atoms with van der Waals surface area (Å²) < 4.78 is 0. The Morgan fingerprint density at radius 3 is 2.56 bits per heavy atom. The van der Waals surface area contributed by atoms with Crippen LogP contribution in [0.1, 0.15) is 91.9 Å². The predicted molar refractivity (Wildman–Crippen MR) is 111 cm³/mol. The van der Waals surface area contributed by atoms with Crippen LogP contribution in [0.5, 0.6) is 0 Å². The molecule has 0 aromatic heterocycles. The van der Waals surface area contributed by atoms with Crippen LogP contribution in [0.25, 0.3) is 0 Å². The topological polar surface area (TPSA) is 40.5 Å². The van der Waals surface area contributed by atoms with Gasteiger partial charge < -0.3 is 10.2 Å². The largest absolute Gasteiger partial charge is 0.393 e. The van der Waals surface area contributed by atoms with Gasteiger partial charge in [-0.05, 0) is 112 Å². The monoisotopic (exact) mass is 374 g/mol. The van der Waals surface area contributed by atoms with Crippen LogP contribution >= 0.6 is 0 Å². The third-order valence-corrected chi connectivity index (χ3v) is 9.88. The van der Waals surface area contributed by atoms with Crippen molar-refractivity contribution >= 4 is 0 Å². The van der Waals surface area contributed by atoms with Crippen molar-refractivity contribution in [2.75, 3.05) is 0 Å². The molecular weight excluding hydrogens is 332 g/mol. The fraction of sp³-hybridized carbons (Fsp3) is 0.920. The second-order valence-electron chi connectivity index (χ2n) is 11.3. The molecule has 6 unspecified atom stereocenters. The fourth-order valence-corrected chi connectivity index (χ4v) is 8.32. The van der Waals surface area contributed by atoms with E-state index in [4.69, 9.17) is 0 Å². The van der Waals surface area contributed by atoms with Gasteiger partial charge in [0, 0.05) is 0 Å². The molecule has 3 fully saturated rings. The van der Waals surface area contributed by atoms with Crippen molar-refractivity contribution in [3.05, 3.63) is 11.6 Å². The Balaban J connectivity index is 1.53. The molecule has 0 aromatic carbocycles. The highest BCUT2D eigenvalue weighted by molar-refractivity contribution is 5.25. The van der Waals surface area contributed by atoms with Crippen molar-refractivity contribution < 1.29 is 10.2 Å².